The van der Waals surface area contributed by atoms with Crippen molar-refractivity contribution in [2.75, 3.05) is 20.3 Å². The van der Waals surface area contributed by atoms with Gasteiger partial charge in [0.1, 0.15) is 6.61 Å². The van der Waals surface area contributed by atoms with Crippen LogP contribution >= 0.6 is 0 Å². The van der Waals surface area contributed by atoms with E-state index in [9.17, 15) is 0 Å². The highest BCUT2D eigenvalue weighted by Crippen LogP contribution is 2.28. The Morgan fingerprint density at radius 1 is 1.14 bits per heavy atom. The van der Waals surface area contributed by atoms with Gasteiger partial charge >= 0.3 is 0 Å². The molecule has 0 saturated heterocycles. The molecule has 0 aliphatic heterocycles. The normalized spacial score (nSPS) is 17.4. The summed E-state index contributed by atoms with van der Waals surface area (Å²) in [5.74, 6) is 2.49. The van der Waals surface area contributed by atoms with Gasteiger partial charge in [-0.05, 0) is 37.3 Å². The summed E-state index contributed by atoms with van der Waals surface area (Å²) >= 11 is 0. The number of benzene rings is 1. The van der Waals surface area contributed by atoms with Crippen LogP contribution in [0.4, 0.5) is 0 Å². The first-order valence-corrected chi connectivity index (χ1v) is 8.34. The number of hydrogen-bond acceptors (Lipinski definition) is 3. The fourth-order valence-electron chi connectivity index (χ4n) is 3.32. The van der Waals surface area contributed by atoms with Crippen LogP contribution in [0.25, 0.3) is 0 Å². The van der Waals surface area contributed by atoms with Crippen LogP contribution < -0.4 is 14.8 Å². The summed E-state index contributed by atoms with van der Waals surface area (Å²) in [5.41, 5.74) is 0. The summed E-state index contributed by atoms with van der Waals surface area (Å²) in [7, 11) is 1.68. The smallest absolute Gasteiger partial charge is 0.161 e. The molecule has 3 nitrogen and oxygen atoms in total. The van der Waals surface area contributed by atoms with Gasteiger partial charge in [0, 0.05) is 12.6 Å². The van der Waals surface area contributed by atoms with E-state index in [-0.39, 0.29) is 0 Å². The molecule has 1 unspecified atom stereocenters. The van der Waals surface area contributed by atoms with Crippen molar-refractivity contribution in [3.05, 3.63) is 24.3 Å². The summed E-state index contributed by atoms with van der Waals surface area (Å²) in [6, 6.07) is 8.46. The maximum atomic E-state index is 5.82. The largest absolute Gasteiger partial charge is 0.493 e. The Hall–Kier alpha value is -1.22. The van der Waals surface area contributed by atoms with Gasteiger partial charge in [-0.3, -0.25) is 0 Å². The van der Waals surface area contributed by atoms with E-state index < -0.39 is 0 Å². The average Bonchev–Trinajstić information content (AvgIpc) is 2.56. The zero-order valence-electron chi connectivity index (χ0n) is 13.4. The molecule has 1 N–H and O–H groups in total. The van der Waals surface area contributed by atoms with Gasteiger partial charge in [-0.1, -0.05) is 38.3 Å². The number of nitrogens with one attached hydrogen (secondary N) is 1. The van der Waals surface area contributed by atoms with Gasteiger partial charge in [0.2, 0.25) is 0 Å². The monoisotopic (exact) mass is 291 g/mol. The second kappa shape index (κ2) is 8.93. The summed E-state index contributed by atoms with van der Waals surface area (Å²) in [5, 5.41) is 3.68. The topological polar surface area (TPSA) is 30.5 Å². The highest BCUT2D eigenvalue weighted by atomic mass is 16.5. The minimum Gasteiger partial charge on any atom is -0.493 e. The third-order valence-electron chi connectivity index (χ3n) is 4.49. The summed E-state index contributed by atoms with van der Waals surface area (Å²) in [4.78, 5) is 0. The quantitative estimate of drug-likeness (QED) is 0.734. The molecule has 1 aliphatic rings. The summed E-state index contributed by atoms with van der Waals surface area (Å²) in [6.07, 6.45) is 8.21. The molecular weight excluding hydrogens is 262 g/mol. The molecule has 1 aliphatic carbocycles. The summed E-state index contributed by atoms with van der Waals surface area (Å²) < 4.78 is 11.1. The van der Waals surface area contributed by atoms with Gasteiger partial charge in [-0.25, -0.2) is 0 Å². The second-order valence-electron chi connectivity index (χ2n) is 5.87. The Balaban J connectivity index is 1.72. The third-order valence-corrected chi connectivity index (χ3v) is 4.49. The molecule has 1 atom stereocenters. The van der Waals surface area contributed by atoms with E-state index in [1.807, 2.05) is 24.3 Å². The summed E-state index contributed by atoms with van der Waals surface area (Å²) in [6.45, 7) is 3.87. The van der Waals surface area contributed by atoms with Crippen molar-refractivity contribution in [1.29, 1.82) is 0 Å². The van der Waals surface area contributed by atoms with Gasteiger partial charge in [0.15, 0.2) is 11.5 Å². The van der Waals surface area contributed by atoms with Gasteiger partial charge in [-0.2, -0.15) is 0 Å². The van der Waals surface area contributed by atoms with Crippen molar-refractivity contribution in [2.45, 2.75) is 51.5 Å². The van der Waals surface area contributed by atoms with E-state index in [1.165, 1.54) is 38.5 Å². The van der Waals surface area contributed by atoms with Crippen LogP contribution in [-0.4, -0.2) is 26.3 Å². The molecule has 1 fully saturated rings. The predicted octanol–water partition coefficient (Wildman–Crippen LogP) is 4.02. The minimum atomic E-state index is 0.645. The van der Waals surface area contributed by atoms with Crippen LogP contribution in [-0.2, 0) is 0 Å². The molecule has 1 saturated carbocycles. The van der Waals surface area contributed by atoms with E-state index >= 15 is 0 Å². The van der Waals surface area contributed by atoms with Crippen LogP contribution in [0.15, 0.2) is 24.3 Å². The highest BCUT2D eigenvalue weighted by molar-refractivity contribution is 5.39. The first-order valence-electron chi connectivity index (χ1n) is 8.34. The first-order chi connectivity index (χ1) is 10.3. The highest BCUT2D eigenvalue weighted by Gasteiger charge is 2.21. The number of rotatable bonds is 8. The zero-order valence-corrected chi connectivity index (χ0v) is 13.4. The van der Waals surface area contributed by atoms with Crippen LogP contribution in [0.5, 0.6) is 11.5 Å². The number of methoxy groups -OCH3 is 1. The molecule has 0 heterocycles. The van der Waals surface area contributed by atoms with Crippen molar-refractivity contribution < 1.29 is 9.47 Å². The standard InChI is InChI=1S/C18H29NO2/c1-3-16(15-9-5-4-6-10-15)19-13-14-21-18-12-8-7-11-17(18)20-2/h7-8,11-12,15-16,19H,3-6,9-10,13-14H2,1-2H3. The predicted molar refractivity (Wildman–Crippen MR) is 87.1 cm³/mol. The molecule has 2 rings (SSSR count). The molecule has 1 aromatic rings. The third kappa shape index (κ3) is 4.92. The van der Waals surface area contributed by atoms with Crippen LogP contribution in [0.3, 0.4) is 0 Å². The lowest BCUT2D eigenvalue weighted by atomic mass is 9.83. The van der Waals surface area contributed by atoms with E-state index in [4.69, 9.17) is 9.47 Å². The molecular formula is C18H29NO2. The molecule has 21 heavy (non-hydrogen) atoms. The Bertz CT molecular complexity index is 402. The molecule has 1 aromatic carbocycles. The maximum absolute atomic E-state index is 5.82. The first kappa shape index (κ1) is 16.2. The second-order valence-corrected chi connectivity index (χ2v) is 5.87. The maximum Gasteiger partial charge on any atom is 0.161 e. The van der Waals surface area contributed by atoms with E-state index in [0.717, 1.165) is 24.0 Å². The number of ether oxygens (including phenoxy) is 2. The lowest BCUT2D eigenvalue weighted by Gasteiger charge is -2.30. The van der Waals surface area contributed by atoms with Crippen molar-refractivity contribution >= 4 is 0 Å². The minimum absolute atomic E-state index is 0.645. The SMILES string of the molecule is CCC(NCCOc1ccccc1OC)C1CCCCC1. The molecule has 0 aromatic heterocycles. The van der Waals surface area contributed by atoms with Crippen molar-refractivity contribution in [2.24, 2.45) is 5.92 Å². The Kier molecular flexibility index (Phi) is 6.87. The van der Waals surface area contributed by atoms with Gasteiger partial charge in [0.05, 0.1) is 7.11 Å². The Morgan fingerprint density at radius 2 is 1.86 bits per heavy atom. The van der Waals surface area contributed by atoms with Crippen LogP contribution in [0.1, 0.15) is 45.4 Å². The van der Waals surface area contributed by atoms with Crippen molar-refractivity contribution in [1.82, 2.24) is 5.32 Å². The van der Waals surface area contributed by atoms with E-state index in [2.05, 4.69) is 12.2 Å². The number of hydrogen-bond donors (Lipinski definition) is 1. The van der Waals surface area contributed by atoms with Crippen molar-refractivity contribution in [3.63, 3.8) is 0 Å². The molecule has 0 radical (unpaired) electrons. The van der Waals surface area contributed by atoms with Gasteiger partial charge < -0.3 is 14.8 Å². The Morgan fingerprint density at radius 3 is 2.52 bits per heavy atom. The molecule has 0 amide bonds. The molecule has 3 heteroatoms. The Labute approximate surface area is 129 Å². The fourth-order valence-corrected chi connectivity index (χ4v) is 3.32. The molecule has 0 bridgehead atoms. The van der Waals surface area contributed by atoms with Crippen LogP contribution in [0.2, 0.25) is 0 Å². The van der Waals surface area contributed by atoms with Gasteiger partial charge in [-0.15, -0.1) is 0 Å². The van der Waals surface area contributed by atoms with Crippen molar-refractivity contribution in [3.8, 4) is 11.5 Å². The van der Waals surface area contributed by atoms with E-state index in [0.29, 0.717) is 12.6 Å². The lowest BCUT2D eigenvalue weighted by Crippen LogP contribution is -2.38. The zero-order chi connectivity index (χ0) is 14.9. The molecule has 0 spiro atoms. The van der Waals surface area contributed by atoms with Gasteiger partial charge in [0.25, 0.3) is 0 Å². The van der Waals surface area contributed by atoms with E-state index in [1.54, 1.807) is 7.11 Å². The number of para-hydroxylation sites is 2. The fraction of sp³-hybridized carbons (Fsp3) is 0.667. The molecule has 118 valence electrons. The average molecular weight is 291 g/mol. The lowest BCUT2D eigenvalue weighted by molar-refractivity contribution is 0.238. The van der Waals surface area contributed by atoms with Crippen LogP contribution in [0, 0.1) is 5.92 Å².